The summed E-state index contributed by atoms with van der Waals surface area (Å²) in [6.45, 7) is 1.06. The Morgan fingerprint density at radius 3 is 2.19 bits per heavy atom. The monoisotopic (exact) mass is 564 g/mol. The van der Waals surface area contributed by atoms with E-state index < -0.39 is 31.5 Å². The van der Waals surface area contributed by atoms with E-state index in [4.69, 9.17) is 9.97 Å². The number of aromatic nitrogens is 2. The summed E-state index contributed by atoms with van der Waals surface area (Å²) in [5.41, 5.74) is 0.921. The molecule has 3 heterocycles. The zero-order valence-corrected chi connectivity index (χ0v) is 21.7. The molecule has 1 aromatic carbocycles. The van der Waals surface area contributed by atoms with E-state index in [1.165, 1.54) is 0 Å². The van der Waals surface area contributed by atoms with Gasteiger partial charge in [0.2, 0.25) is 5.95 Å². The van der Waals surface area contributed by atoms with E-state index in [9.17, 15) is 28.7 Å². The van der Waals surface area contributed by atoms with E-state index in [2.05, 4.69) is 5.32 Å². The minimum absolute atomic E-state index is 0.0366. The van der Waals surface area contributed by atoms with Crippen LogP contribution >= 0.6 is 10.2 Å². The van der Waals surface area contributed by atoms with Gasteiger partial charge in [0.15, 0.2) is 0 Å². The fraction of sp³-hybridized carbons (Fsp3) is 0.583. The third-order valence-electron chi connectivity index (χ3n) is 8.37. The molecule has 13 heteroatoms. The molecule has 4 aliphatic rings. The fourth-order valence-corrected chi connectivity index (χ4v) is 8.13. The van der Waals surface area contributed by atoms with Crippen LogP contribution in [-0.2, 0) is 17.2 Å². The summed E-state index contributed by atoms with van der Waals surface area (Å²) in [6, 6.07) is 3.27. The zero-order chi connectivity index (χ0) is 26.3. The first-order chi connectivity index (χ1) is 17.2. The highest BCUT2D eigenvalue weighted by Crippen LogP contribution is 3.02. The van der Waals surface area contributed by atoms with Crippen LogP contribution in [0.4, 0.5) is 31.2 Å². The predicted octanol–water partition coefficient (Wildman–Crippen LogP) is 6.04. The molecule has 6 rings (SSSR count). The van der Waals surface area contributed by atoms with E-state index in [0.717, 1.165) is 49.9 Å². The molecule has 1 spiro atoms. The standard InChI is InChI=1S/C24H29F5N4O2S2/c25-37(26,27,28,29)18-4-2-16(3-5-18)17-6-12-33(13-7-17)22-30-19-14-24(10-11-24)36(35)20(19)21(31-22)32-23(15-34)8-1-9-23/h2-5,17,34H,1,6-15H2,(H,30,31,32)/t36-/m0/s1. The van der Waals surface area contributed by atoms with Gasteiger partial charge in [-0.05, 0) is 68.6 Å². The van der Waals surface area contributed by atoms with Crippen LogP contribution < -0.4 is 10.2 Å². The summed E-state index contributed by atoms with van der Waals surface area (Å²) >= 11 is 0. The van der Waals surface area contributed by atoms with Gasteiger partial charge in [-0.3, -0.25) is 4.21 Å². The molecule has 1 aromatic heterocycles. The molecule has 2 N–H and O–H groups in total. The first-order valence-corrected chi connectivity index (χ1v) is 15.6. The largest absolute Gasteiger partial charge is 0.394 e. The second kappa shape index (κ2) is 7.56. The number of piperidine rings is 1. The Hall–Kier alpha value is -1.99. The molecule has 0 radical (unpaired) electrons. The van der Waals surface area contributed by atoms with Crippen molar-refractivity contribution in [2.45, 2.75) is 77.4 Å². The van der Waals surface area contributed by atoms with Crippen molar-refractivity contribution in [2.75, 3.05) is 29.9 Å². The normalized spacial score (nSPS) is 26.2. The summed E-state index contributed by atoms with van der Waals surface area (Å²) in [5.74, 6) is 0.980. The number of hydrogen-bond donors (Lipinski definition) is 2. The van der Waals surface area contributed by atoms with Crippen molar-refractivity contribution >= 4 is 32.8 Å². The van der Waals surface area contributed by atoms with Crippen molar-refractivity contribution in [3.05, 3.63) is 35.5 Å². The molecule has 1 saturated heterocycles. The van der Waals surface area contributed by atoms with Gasteiger partial charge in [-0.15, -0.1) is 0 Å². The minimum Gasteiger partial charge on any atom is -0.394 e. The van der Waals surface area contributed by atoms with Crippen molar-refractivity contribution in [1.82, 2.24) is 9.97 Å². The van der Waals surface area contributed by atoms with Crippen molar-refractivity contribution < 1.29 is 28.7 Å². The van der Waals surface area contributed by atoms with Crippen LogP contribution in [0.15, 0.2) is 34.1 Å². The fourth-order valence-electron chi connectivity index (χ4n) is 5.70. The van der Waals surface area contributed by atoms with E-state index >= 15 is 0 Å². The summed E-state index contributed by atoms with van der Waals surface area (Å²) in [6.07, 6.45) is 6.25. The van der Waals surface area contributed by atoms with Gasteiger partial charge >= 0.3 is 10.2 Å². The molecular weight excluding hydrogens is 535 g/mol. The van der Waals surface area contributed by atoms with E-state index in [1.807, 2.05) is 4.90 Å². The molecule has 2 aliphatic heterocycles. The Balaban J connectivity index is 1.22. The van der Waals surface area contributed by atoms with Crippen molar-refractivity contribution in [3.8, 4) is 0 Å². The third kappa shape index (κ3) is 4.50. The van der Waals surface area contributed by atoms with Gasteiger partial charge in [0, 0.05) is 19.5 Å². The predicted molar refractivity (Wildman–Crippen MR) is 133 cm³/mol. The van der Waals surface area contributed by atoms with Gasteiger partial charge in [0.05, 0.1) is 33.4 Å². The molecule has 6 nitrogen and oxygen atoms in total. The molecule has 2 aliphatic carbocycles. The molecule has 37 heavy (non-hydrogen) atoms. The molecule has 1 atom stereocenters. The number of hydrogen-bond acceptors (Lipinski definition) is 6. The van der Waals surface area contributed by atoms with E-state index in [1.54, 1.807) is 0 Å². The number of nitrogens with zero attached hydrogens (tertiary/aromatic N) is 3. The molecular formula is C24H29F5N4O2S2. The maximum absolute atomic E-state index is 13.3. The number of aliphatic hydroxyl groups excluding tert-OH is 1. The highest BCUT2D eigenvalue weighted by molar-refractivity contribution is 8.45. The molecule has 0 amide bonds. The molecule has 2 saturated carbocycles. The molecule has 204 valence electrons. The van der Waals surface area contributed by atoms with Crippen LogP contribution in [0.3, 0.4) is 0 Å². The Morgan fingerprint density at radius 2 is 1.68 bits per heavy atom. The second-order valence-corrected chi connectivity index (χ2v) is 15.2. The zero-order valence-electron chi connectivity index (χ0n) is 20.1. The number of anilines is 2. The number of nitrogens with one attached hydrogen (secondary N) is 1. The van der Waals surface area contributed by atoms with Gasteiger partial charge in [-0.2, -0.15) is 4.98 Å². The second-order valence-electron chi connectivity index (χ2n) is 11.0. The quantitative estimate of drug-likeness (QED) is 0.417. The topological polar surface area (TPSA) is 78.4 Å². The lowest BCUT2D eigenvalue weighted by Crippen LogP contribution is -2.49. The van der Waals surface area contributed by atoms with E-state index in [-0.39, 0.29) is 17.3 Å². The summed E-state index contributed by atoms with van der Waals surface area (Å²) < 4.78 is 78.3. The van der Waals surface area contributed by atoms with Crippen molar-refractivity contribution in [3.63, 3.8) is 0 Å². The lowest BCUT2D eigenvalue weighted by atomic mass is 9.77. The van der Waals surface area contributed by atoms with E-state index in [0.29, 0.717) is 66.7 Å². The third-order valence-corrected chi connectivity index (χ3v) is 11.7. The van der Waals surface area contributed by atoms with Crippen molar-refractivity contribution in [1.29, 1.82) is 0 Å². The summed E-state index contributed by atoms with van der Waals surface area (Å²) in [4.78, 5) is 10.4. The maximum atomic E-state index is 13.3. The highest BCUT2D eigenvalue weighted by Gasteiger charge is 2.65. The first-order valence-electron chi connectivity index (χ1n) is 12.5. The Morgan fingerprint density at radius 1 is 1.03 bits per heavy atom. The average molecular weight is 565 g/mol. The number of benzene rings is 1. The van der Waals surface area contributed by atoms with Gasteiger partial charge < -0.3 is 15.3 Å². The molecule has 2 aromatic rings. The number of halogens is 5. The molecule has 3 fully saturated rings. The van der Waals surface area contributed by atoms with Gasteiger partial charge in [-0.25, -0.2) is 4.98 Å². The van der Waals surface area contributed by atoms with Crippen LogP contribution in [0.1, 0.15) is 62.1 Å². The van der Waals surface area contributed by atoms with Crippen LogP contribution in [0.5, 0.6) is 0 Å². The Labute approximate surface area is 214 Å². The summed E-state index contributed by atoms with van der Waals surface area (Å²) in [7, 11) is -10.9. The maximum Gasteiger partial charge on any atom is 0.310 e. The van der Waals surface area contributed by atoms with Gasteiger partial charge in [0.1, 0.15) is 15.6 Å². The first kappa shape index (κ1) is 25.3. The lowest BCUT2D eigenvalue weighted by molar-refractivity contribution is 0.143. The lowest BCUT2D eigenvalue weighted by Gasteiger charge is -2.42. The smallest absolute Gasteiger partial charge is 0.310 e. The SMILES string of the molecule is O=[S@]1c2c(nc(N3CCC(c4ccc(S(F)(F)(F)(F)F)cc4)CC3)nc2NC2(CO)CCC2)CC12CC2. The van der Waals surface area contributed by atoms with Crippen LogP contribution in [0.2, 0.25) is 0 Å². The van der Waals surface area contributed by atoms with Crippen LogP contribution in [-0.4, -0.2) is 49.3 Å². The highest BCUT2D eigenvalue weighted by atomic mass is 32.5. The molecule has 0 unspecified atom stereocenters. The van der Waals surface area contributed by atoms with Crippen molar-refractivity contribution in [2.24, 2.45) is 0 Å². The van der Waals surface area contributed by atoms with Crippen LogP contribution in [0.25, 0.3) is 0 Å². The number of fused-ring (bicyclic) bond motifs is 1. The summed E-state index contributed by atoms with van der Waals surface area (Å²) in [5, 5.41) is 13.4. The number of aliphatic hydroxyl groups is 1. The molecule has 0 bridgehead atoms. The van der Waals surface area contributed by atoms with Gasteiger partial charge in [-0.1, -0.05) is 31.6 Å². The van der Waals surface area contributed by atoms with Gasteiger partial charge in [0.25, 0.3) is 0 Å². The minimum atomic E-state index is -9.68. The van der Waals surface area contributed by atoms with Crippen LogP contribution in [0, 0.1) is 0 Å². The Bertz CT molecular complexity index is 1270. The number of rotatable bonds is 6. The Kier molecular flexibility index (Phi) is 5.17. The average Bonchev–Trinajstić information content (AvgIpc) is 3.54.